The molecule has 1 heterocycles. The molecule has 0 saturated carbocycles. The van der Waals surface area contributed by atoms with Crippen LogP contribution in [0, 0.1) is 0 Å². The quantitative estimate of drug-likeness (QED) is 0.847. The third-order valence-corrected chi connectivity index (χ3v) is 3.59. The second-order valence-corrected chi connectivity index (χ2v) is 5.48. The Bertz CT molecular complexity index is 566. The lowest BCUT2D eigenvalue weighted by Crippen LogP contribution is -2.20. The second-order valence-electron chi connectivity index (χ2n) is 4.56. The summed E-state index contributed by atoms with van der Waals surface area (Å²) in [5.74, 6) is -0.452. The molecule has 2 rings (SSSR count). The number of hydrogen-bond acceptors (Lipinski definition) is 5. The smallest absolute Gasteiger partial charge is 0.314 e. The zero-order valence-corrected chi connectivity index (χ0v) is 11.5. The summed E-state index contributed by atoms with van der Waals surface area (Å²) in [4.78, 5) is 14.7. The molecule has 0 aliphatic rings. The Morgan fingerprint density at radius 1 is 1.37 bits per heavy atom. The first-order valence-corrected chi connectivity index (χ1v) is 6.73. The number of carboxylic acids is 1. The van der Waals surface area contributed by atoms with Gasteiger partial charge in [0.2, 0.25) is 0 Å². The highest BCUT2D eigenvalue weighted by atomic mass is 32.2. The molecule has 0 radical (unpaired) electrons. The Morgan fingerprint density at radius 2 is 2.05 bits per heavy atom. The Labute approximate surface area is 115 Å². The van der Waals surface area contributed by atoms with Crippen LogP contribution in [0.5, 0.6) is 0 Å². The van der Waals surface area contributed by atoms with Crippen LogP contribution in [0.15, 0.2) is 40.1 Å². The molecule has 1 aromatic carbocycles. The lowest BCUT2D eigenvalue weighted by molar-refractivity contribution is -0.133. The van der Waals surface area contributed by atoms with Crippen LogP contribution in [-0.4, -0.2) is 27.0 Å². The van der Waals surface area contributed by atoms with Crippen LogP contribution in [0.2, 0.25) is 0 Å². The van der Waals surface area contributed by atoms with Gasteiger partial charge in [-0.25, -0.2) is 0 Å². The van der Waals surface area contributed by atoms with Gasteiger partial charge in [0.05, 0.1) is 5.41 Å². The van der Waals surface area contributed by atoms with Crippen molar-refractivity contribution in [2.24, 2.45) is 0 Å². The van der Waals surface area contributed by atoms with E-state index in [-0.39, 0.29) is 16.4 Å². The van der Waals surface area contributed by atoms with Crippen molar-refractivity contribution < 1.29 is 14.4 Å². The van der Waals surface area contributed by atoms with Gasteiger partial charge in [-0.3, -0.25) is 4.79 Å². The summed E-state index contributed by atoms with van der Waals surface area (Å²) in [6.45, 7) is 4.00. The minimum atomic E-state index is -0.910. The topological polar surface area (TPSA) is 76.2 Å². The van der Waals surface area contributed by atoms with E-state index < -0.39 is 5.97 Å². The average molecular weight is 278 g/mol. The maximum absolute atomic E-state index is 10.5. The highest BCUT2D eigenvalue weighted by Crippen LogP contribution is 2.30. The number of thioether (sulfide) groups is 1. The Kier molecular flexibility index (Phi) is 3.90. The summed E-state index contributed by atoms with van der Waals surface area (Å²) in [5.41, 5.74) is 0.692. The highest BCUT2D eigenvalue weighted by molar-refractivity contribution is 7.99. The van der Waals surface area contributed by atoms with Crippen molar-refractivity contribution >= 4 is 17.7 Å². The molecule has 100 valence electrons. The van der Waals surface area contributed by atoms with Gasteiger partial charge in [-0.2, -0.15) is 4.98 Å². The van der Waals surface area contributed by atoms with Gasteiger partial charge < -0.3 is 9.63 Å². The molecule has 0 spiro atoms. The van der Waals surface area contributed by atoms with E-state index in [0.717, 1.165) is 17.3 Å². The normalized spacial score (nSPS) is 11.5. The molecule has 6 heteroatoms. The van der Waals surface area contributed by atoms with Gasteiger partial charge in [0, 0.05) is 0 Å². The molecule has 0 aliphatic carbocycles. The SMILES string of the molecule is CC(C)(c1ccccc1)c1noc(SCC(=O)O)n1. The van der Waals surface area contributed by atoms with E-state index in [9.17, 15) is 4.79 Å². The van der Waals surface area contributed by atoms with Crippen molar-refractivity contribution in [1.82, 2.24) is 10.1 Å². The van der Waals surface area contributed by atoms with Crippen molar-refractivity contribution in [1.29, 1.82) is 0 Å². The average Bonchev–Trinajstić information content (AvgIpc) is 2.87. The van der Waals surface area contributed by atoms with E-state index >= 15 is 0 Å². The summed E-state index contributed by atoms with van der Waals surface area (Å²) in [5, 5.41) is 12.8. The summed E-state index contributed by atoms with van der Waals surface area (Å²) in [7, 11) is 0. The fraction of sp³-hybridized carbons (Fsp3) is 0.308. The number of aromatic nitrogens is 2. The lowest BCUT2D eigenvalue weighted by atomic mass is 9.84. The molecule has 0 atom stereocenters. The monoisotopic (exact) mass is 278 g/mol. The van der Waals surface area contributed by atoms with Gasteiger partial charge in [0.25, 0.3) is 5.22 Å². The van der Waals surface area contributed by atoms with E-state index in [2.05, 4.69) is 10.1 Å². The van der Waals surface area contributed by atoms with E-state index in [1.807, 2.05) is 44.2 Å². The maximum Gasteiger partial charge on any atom is 0.314 e. The van der Waals surface area contributed by atoms with E-state index in [0.29, 0.717) is 5.82 Å². The van der Waals surface area contributed by atoms with Gasteiger partial charge >= 0.3 is 5.97 Å². The van der Waals surface area contributed by atoms with Crippen LogP contribution >= 0.6 is 11.8 Å². The molecule has 0 bridgehead atoms. The minimum Gasteiger partial charge on any atom is -0.481 e. The third-order valence-electron chi connectivity index (χ3n) is 2.78. The van der Waals surface area contributed by atoms with Crippen molar-refractivity contribution in [2.75, 3.05) is 5.75 Å². The summed E-state index contributed by atoms with van der Waals surface area (Å²) < 4.78 is 5.06. The molecular weight excluding hydrogens is 264 g/mol. The Morgan fingerprint density at radius 3 is 2.68 bits per heavy atom. The van der Waals surface area contributed by atoms with Gasteiger partial charge in [0.15, 0.2) is 5.82 Å². The molecule has 2 aromatic rings. The van der Waals surface area contributed by atoms with E-state index in [4.69, 9.17) is 9.63 Å². The number of hydrogen-bond donors (Lipinski definition) is 1. The van der Waals surface area contributed by atoms with Crippen LogP contribution < -0.4 is 0 Å². The minimum absolute atomic E-state index is 0.0899. The first-order valence-electron chi connectivity index (χ1n) is 5.74. The molecule has 0 unspecified atom stereocenters. The first-order chi connectivity index (χ1) is 9.00. The van der Waals surface area contributed by atoms with Crippen LogP contribution in [0.25, 0.3) is 0 Å². The van der Waals surface area contributed by atoms with Gasteiger partial charge in [-0.1, -0.05) is 47.3 Å². The van der Waals surface area contributed by atoms with E-state index in [1.54, 1.807) is 0 Å². The zero-order chi connectivity index (χ0) is 13.9. The van der Waals surface area contributed by atoms with Gasteiger partial charge in [-0.05, 0) is 19.4 Å². The number of rotatable bonds is 5. The number of nitrogens with zero attached hydrogens (tertiary/aromatic N) is 2. The number of benzene rings is 1. The molecular formula is C13H14N2O3S. The molecule has 5 nitrogen and oxygen atoms in total. The molecule has 19 heavy (non-hydrogen) atoms. The molecule has 0 fully saturated rings. The fourth-order valence-corrected chi connectivity index (χ4v) is 2.12. The molecule has 1 aromatic heterocycles. The summed E-state index contributed by atoms with van der Waals surface area (Å²) in [6, 6.07) is 9.86. The van der Waals surface area contributed by atoms with Gasteiger partial charge in [-0.15, -0.1) is 0 Å². The van der Waals surface area contributed by atoms with E-state index in [1.165, 1.54) is 0 Å². The lowest BCUT2D eigenvalue weighted by Gasteiger charge is -2.20. The third kappa shape index (κ3) is 3.14. The maximum atomic E-state index is 10.5. The fourth-order valence-electron chi connectivity index (χ4n) is 1.63. The van der Waals surface area contributed by atoms with Crippen molar-refractivity contribution in [2.45, 2.75) is 24.5 Å². The van der Waals surface area contributed by atoms with Crippen molar-refractivity contribution in [3.63, 3.8) is 0 Å². The second kappa shape index (κ2) is 5.44. The Hall–Kier alpha value is -1.82. The van der Waals surface area contributed by atoms with Crippen molar-refractivity contribution in [3.8, 4) is 0 Å². The van der Waals surface area contributed by atoms with Crippen LogP contribution in [0.4, 0.5) is 0 Å². The highest BCUT2D eigenvalue weighted by Gasteiger charge is 2.28. The standard InChI is InChI=1S/C13H14N2O3S/c1-13(2,9-6-4-3-5-7-9)11-14-12(18-15-11)19-8-10(16)17/h3-7H,8H2,1-2H3,(H,16,17). The summed E-state index contributed by atoms with van der Waals surface area (Å²) >= 11 is 1.02. The van der Waals surface area contributed by atoms with Crippen molar-refractivity contribution in [3.05, 3.63) is 41.7 Å². The van der Waals surface area contributed by atoms with Gasteiger partial charge in [0.1, 0.15) is 5.75 Å². The number of carbonyl (C=O) groups is 1. The largest absolute Gasteiger partial charge is 0.481 e. The van der Waals surface area contributed by atoms with Crippen LogP contribution in [0.3, 0.4) is 0 Å². The van der Waals surface area contributed by atoms with Crippen LogP contribution in [-0.2, 0) is 10.2 Å². The molecule has 0 amide bonds. The Balaban J connectivity index is 2.20. The molecule has 0 saturated heterocycles. The zero-order valence-electron chi connectivity index (χ0n) is 10.7. The molecule has 0 aliphatic heterocycles. The molecule has 1 N–H and O–H groups in total. The predicted octanol–water partition coefficient (Wildman–Crippen LogP) is 2.57. The number of carboxylic acid groups (broad SMARTS) is 1. The number of aliphatic carboxylic acids is 1. The van der Waals surface area contributed by atoms with Crippen LogP contribution in [0.1, 0.15) is 25.2 Å². The first kappa shape index (κ1) is 13.6. The predicted molar refractivity (Wildman–Crippen MR) is 71.2 cm³/mol. The summed E-state index contributed by atoms with van der Waals surface area (Å²) in [6.07, 6.45) is 0.